The fourth-order valence-corrected chi connectivity index (χ4v) is 3.68. The minimum absolute atomic E-state index is 0.0337. The molecule has 3 heterocycles. The van der Waals surface area contributed by atoms with Gasteiger partial charge in [0.1, 0.15) is 0 Å². The van der Waals surface area contributed by atoms with Crippen LogP contribution in [0.25, 0.3) is 0 Å². The topological polar surface area (TPSA) is 93.3 Å². The largest absolute Gasteiger partial charge is 0.338 e. The van der Waals surface area contributed by atoms with Crippen LogP contribution in [0.1, 0.15) is 47.8 Å². The maximum absolute atomic E-state index is 13.0. The predicted molar refractivity (Wildman–Crippen MR) is 93.3 cm³/mol. The molecule has 2 atom stereocenters. The molecule has 1 aliphatic heterocycles. The fraction of sp³-hybridized carbons (Fsp3) is 0.556. The highest BCUT2D eigenvalue weighted by Crippen LogP contribution is 2.46. The van der Waals surface area contributed by atoms with Crippen molar-refractivity contribution in [2.45, 2.75) is 52.1 Å². The van der Waals surface area contributed by atoms with Crippen molar-refractivity contribution in [2.24, 2.45) is 13.0 Å². The number of hydrogen-bond acceptors (Lipinski definition) is 5. The van der Waals surface area contributed by atoms with Crippen molar-refractivity contribution < 1.29 is 14.1 Å². The molecule has 0 spiro atoms. The van der Waals surface area contributed by atoms with E-state index in [0.717, 1.165) is 35.4 Å². The van der Waals surface area contributed by atoms with Crippen LogP contribution in [0.3, 0.4) is 0 Å². The van der Waals surface area contributed by atoms with E-state index in [1.165, 1.54) is 0 Å². The monoisotopic (exact) mass is 357 g/mol. The average Bonchev–Trinajstić information content (AvgIpc) is 3.23. The van der Waals surface area contributed by atoms with Gasteiger partial charge in [0.2, 0.25) is 17.7 Å². The molecule has 2 aromatic rings. The lowest BCUT2D eigenvalue weighted by Gasteiger charge is -2.27. The molecule has 1 saturated heterocycles. The van der Waals surface area contributed by atoms with Gasteiger partial charge in [0, 0.05) is 36.3 Å². The summed E-state index contributed by atoms with van der Waals surface area (Å²) in [6.45, 7) is 5.64. The second kappa shape index (κ2) is 5.96. The van der Waals surface area contributed by atoms with E-state index in [1.54, 1.807) is 10.9 Å². The molecule has 8 nitrogen and oxygen atoms in total. The van der Waals surface area contributed by atoms with Crippen LogP contribution in [0.2, 0.25) is 0 Å². The summed E-state index contributed by atoms with van der Waals surface area (Å²) in [6.07, 6.45) is 3.97. The van der Waals surface area contributed by atoms with E-state index < -0.39 is 5.92 Å². The first-order valence-corrected chi connectivity index (χ1v) is 8.92. The number of anilines is 1. The number of carbonyl (C=O) groups is 2. The quantitative estimate of drug-likeness (QED) is 0.904. The number of carbonyl (C=O) groups excluding carboxylic acids is 2. The lowest BCUT2D eigenvalue weighted by atomic mass is 9.93. The highest BCUT2D eigenvalue weighted by atomic mass is 16.5. The smallest absolute Gasteiger partial charge is 0.234 e. The molecule has 1 N–H and O–H groups in total. The molecule has 2 aliphatic rings. The zero-order valence-corrected chi connectivity index (χ0v) is 15.4. The van der Waals surface area contributed by atoms with E-state index in [-0.39, 0.29) is 30.3 Å². The Bertz CT molecular complexity index is 880. The van der Waals surface area contributed by atoms with Gasteiger partial charge >= 0.3 is 0 Å². The summed E-state index contributed by atoms with van der Waals surface area (Å²) in [5, 5.41) is 11.0. The van der Waals surface area contributed by atoms with Gasteiger partial charge in [-0.15, -0.1) is 0 Å². The highest BCUT2D eigenvalue weighted by Gasteiger charge is 2.50. The van der Waals surface area contributed by atoms with Crippen molar-refractivity contribution in [1.29, 1.82) is 0 Å². The molecular formula is C18H23N5O3. The number of likely N-dealkylation sites (tertiary alicyclic amines) is 1. The zero-order chi connectivity index (χ0) is 18.6. The third-order valence-corrected chi connectivity index (χ3v) is 5.63. The molecule has 0 radical (unpaired) electrons. The predicted octanol–water partition coefficient (Wildman–Crippen LogP) is 2.02. The van der Waals surface area contributed by atoms with Crippen LogP contribution in [0.4, 0.5) is 5.88 Å². The standard InChI is InChI=1S/C18H23N5O3/c1-9-10(2)21-26-18(9)20-17(25)13-7-15(24)23(12-5-6-12)16(13)14-8-19-22(4)11(14)3/h8,12-13,16H,5-7H2,1-4H3,(H,20,25)/t13-,16-/m0/s1. The van der Waals surface area contributed by atoms with Crippen LogP contribution in [0.15, 0.2) is 10.7 Å². The second-order valence-corrected chi connectivity index (χ2v) is 7.31. The maximum Gasteiger partial charge on any atom is 0.234 e. The molecule has 0 bridgehead atoms. The molecule has 1 aliphatic carbocycles. The first-order valence-electron chi connectivity index (χ1n) is 8.92. The Morgan fingerprint density at radius 1 is 1.31 bits per heavy atom. The normalized spacial score (nSPS) is 22.9. The van der Waals surface area contributed by atoms with Gasteiger partial charge in [0.15, 0.2) is 0 Å². The van der Waals surface area contributed by atoms with E-state index in [4.69, 9.17) is 4.52 Å². The van der Waals surface area contributed by atoms with Gasteiger partial charge in [-0.05, 0) is 33.6 Å². The third-order valence-electron chi connectivity index (χ3n) is 5.63. The third kappa shape index (κ3) is 2.60. The molecular weight excluding hydrogens is 334 g/mol. The van der Waals surface area contributed by atoms with Crippen LogP contribution in [0, 0.1) is 26.7 Å². The molecule has 2 amide bonds. The van der Waals surface area contributed by atoms with Crippen molar-refractivity contribution in [2.75, 3.05) is 5.32 Å². The molecule has 138 valence electrons. The van der Waals surface area contributed by atoms with Crippen LogP contribution >= 0.6 is 0 Å². The summed E-state index contributed by atoms with van der Waals surface area (Å²) in [6, 6.07) is -0.0489. The second-order valence-electron chi connectivity index (χ2n) is 7.31. The van der Waals surface area contributed by atoms with E-state index in [1.807, 2.05) is 32.7 Å². The number of hydrogen-bond donors (Lipinski definition) is 1. The van der Waals surface area contributed by atoms with Crippen molar-refractivity contribution >= 4 is 17.7 Å². The first kappa shape index (κ1) is 16.8. The summed E-state index contributed by atoms with van der Waals surface area (Å²) in [7, 11) is 1.87. The van der Waals surface area contributed by atoms with Crippen molar-refractivity contribution in [3.05, 3.63) is 28.7 Å². The number of rotatable bonds is 4. The van der Waals surface area contributed by atoms with Crippen molar-refractivity contribution in [1.82, 2.24) is 19.8 Å². The van der Waals surface area contributed by atoms with Gasteiger partial charge in [-0.3, -0.25) is 19.6 Å². The van der Waals surface area contributed by atoms with Crippen LogP contribution in [-0.4, -0.2) is 37.7 Å². The number of nitrogens with one attached hydrogen (secondary N) is 1. The molecule has 2 aromatic heterocycles. The number of amides is 2. The lowest BCUT2D eigenvalue weighted by Crippen LogP contribution is -2.34. The van der Waals surface area contributed by atoms with E-state index in [2.05, 4.69) is 15.6 Å². The molecule has 1 saturated carbocycles. The summed E-state index contributed by atoms with van der Waals surface area (Å²) in [5.74, 6) is -0.303. The molecule has 8 heteroatoms. The Kier molecular flexibility index (Phi) is 3.86. The van der Waals surface area contributed by atoms with E-state index in [0.29, 0.717) is 5.88 Å². The Labute approximate surface area is 151 Å². The maximum atomic E-state index is 13.0. The Hall–Kier alpha value is -2.64. The molecule has 4 rings (SSSR count). The SMILES string of the molecule is Cc1noc(NC(=O)[C@H]2CC(=O)N(C3CC3)[C@@H]2c2cnn(C)c2C)c1C. The number of aromatic nitrogens is 3. The van der Waals surface area contributed by atoms with Gasteiger partial charge in [0.25, 0.3) is 0 Å². The molecule has 2 fully saturated rings. The first-order chi connectivity index (χ1) is 12.4. The van der Waals surface area contributed by atoms with Crippen LogP contribution in [0.5, 0.6) is 0 Å². The highest BCUT2D eigenvalue weighted by molar-refractivity contribution is 5.97. The summed E-state index contributed by atoms with van der Waals surface area (Å²) in [4.78, 5) is 27.6. The van der Waals surface area contributed by atoms with Crippen LogP contribution < -0.4 is 5.32 Å². The van der Waals surface area contributed by atoms with Gasteiger partial charge < -0.3 is 9.42 Å². The van der Waals surface area contributed by atoms with Gasteiger partial charge in [-0.2, -0.15) is 5.10 Å². The fourth-order valence-electron chi connectivity index (χ4n) is 3.68. The summed E-state index contributed by atoms with van der Waals surface area (Å²) < 4.78 is 6.99. The number of nitrogens with zero attached hydrogens (tertiary/aromatic N) is 4. The summed E-state index contributed by atoms with van der Waals surface area (Å²) in [5.41, 5.74) is 3.45. The average molecular weight is 357 g/mol. The van der Waals surface area contributed by atoms with Gasteiger partial charge in [-0.1, -0.05) is 5.16 Å². The molecule has 0 aromatic carbocycles. The van der Waals surface area contributed by atoms with Gasteiger partial charge in [-0.25, -0.2) is 0 Å². The lowest BCUT2D eigenvalue weighted by molar-refractivity contribution is -0.129. The van der Waals surface area contributed by atoms with E-state index >= 15 is 0 Å². The number of aryl methyl sites for hydroxylation is 2. The Morgan fingerprint density at radius 2 is 2.04 bits per heavy atom. The van der Waals surface area contributed by atoms with E-state index in [9.17, 15) is 9.59 Å². The molecule has 26 heavy (non-hydrogen) atoms. The molecule has 0 unspecified atom stereocenters. The minimum atomic E-state index is -0.476. The van der Waals surface area contributed by atoms with Gasteiger partial charge in [0.05, 0.1) is 23.9 Å². The van der Waals surface area contributed by atoms with Crippen molar-refractivity contribution in [3.63, 3.8) is 0 Å². The summed E-state index contributed by atoms with van der Waals surface area (Å²) >= 11 is 0. The van der Waals surface area contributed by atoms with Crippen molar-refractivity contribution in [3.8, 4) is 0 Å². The Morgan fingerprint density at radius 3 is 2.58 bits per heavy atom. The zero-order valence-electron chi connectivity index (χ0n) is 15.4. The van der Waals surface area contributed by atoms with Crippen LogP contribution in [-0.2, 0) is 16.6 Å². The minimum Gasteiger partial charge on any atom is -0.338 e. The Balaban J connectivity index is 1.66.